The Balaban J connectivity index is 2.18. The van der Waals surface area contributed by atoms with Crippen molar-refractivity contribution < 1.29 is 0 Å². The van der Waals surface area contributed by atoms with Crippen molar-refractivity contribution in [3.63, 3.8) is 0 Å². The molecule has 0 fully saturated rings. The van der Waals surface area contributed by atoms with Crippen LogP contribution in [0.5, 0.6) is 0 Å². The Hall–Kier alpha value is -1.58. The average Bonchev–Trinajstić information content (AvgIpc) is 2.76. The van der Waals surface area contributed by atoms with Crippen molar-refractivity contribution in [1.82, 2.24) is 19.5 Å². The van der Waals surface area contributed by atoms with Crippen molar-refractivity contribution >= 4 is 0 Å². The van der Waals surface area contributed by atoms with Crippen LogP contribution < -0.4 is 0 Å². The average molecular weight is 176 g/mol. The van der Waals surface area contributed by atoms with Gasteiger partial charge in [0.2, 0.25) is 0 Å². The predicted octanol–water partition coefficient (Wildman–Crippen LogP) is 1.22. The number of rotatable bonds is 3. The van der Waals surface area contributed by atoms with Crippen LogP contribution in [0.25, 0.3) is 0 Å². The van der Waals surface area contributed by atoms with Gasteiger partial charge in [0, 0.05) is 31.2 Å². The second-order valence-electron chi connectivity index (χ2n) is 2.86. The first-order valence-electron chi connectivity index (χ1n) is 4.38. The number of hydrogen-bond acceptors (Lipinski definition) is 2. The molecule has 4 nitrogen and oxygen atoms in total. The molecule has 0 amide bonds. The Morgan fingerprint density at radius 1 is 1.38 bits per heavy atom. The molecule has 0 aliphatic rings. The third-order valence-corrected chi connectivity index (χ3v) is 1.99. The van der Waals surface area contributed by atoms with Gasteiger partial charge in [-0.25, -0.2) is 9.97 Å². The highest BCUT2D eigenvalue weighted by Gasteiger charge is 2.01. The SMILES string of the molecule is CCc1nccn1Cc1ncc[nH]1. The van der Waals surface area contributed by atoms with Crippen molar-refractivity contribution in [3.8, 4) is 0 Å². The van der Waals surface area contributed by atoms with E-state index in [-0.39, 0.29) is 0 Å². The fourth-order valence-electron chi connectivity index (χ4n) is 1.34. The van der Waals surface area contributed by atoms with Crippen LogP contribution in [0.15, 0.2) is 24.8 Å². The molecule has 0 spiro atoms. The maximum absolute atomic E-state index is 4.24. The van der Waals surface area contributed by atoms with Crippen molar-refractivity contribution in [3.05, 3.63) is 36.4 Å². The van der Waals surface area contributed by atoms with Crippen LogP contribution in [-0.2, 0) is 13.0 Å². The van der Waals surface area contributed by atoms with Gasteiger partial charge in [-0.05, 0) is 0 Å². The van der Waals surface area contributed by atoms with Gasteiger partial charge in [0.05, 0.1) is 6.54 Å². The number of hydrogen-bond donors (Lipinski definition) is 1. The lowest BCUT2D eigenvalue weighted by Gasteiger charge is -2.02. The molecule has 0 saturated carbocycles. The highest BCUT2D eigenvalue weighted by Crippen LogP contribution is 2.01. The number of aromatic nitrogens is 4. The lowest BCUT2D eigenvalue weighted by atomic mass is 10.4. The number of aryl methyl sites for hydroxylation is 1. The number of imidazole rings is 2. The summed E-state index contributed by atoms with van der Waals surface area (Å²) >= 11 is 0. The zero-order valence-corrected chi connectivity index (χ0v) is 7.57. The molecule has 0 aromatic carbocycles. The number of nitrogens with one attached hydrogen (secondary N) is 1. The molecule has 0 aliphatic carbocycles. The van der Waals surface area contributed by atoms with E-state index < -0.39 is 0 Å². The minimum Gasteiger partial charge on any atom is -0.347 e. The van der Waals surface area contributed by atoms with Crippen molar-refractivity contribution in [2.24, 2.45) is 0 Å². The normalized spacial score (nSPS) is 10.5. The molecular formula is C9H12N4. The van der Waals surface area contributed by atoms with Crippen LogP contribution >= 0.6 is 0 Å². The maximum atomic E-state index is 4.24. The van der Waals surface area contributed by atoms with E-state index >= 15 is 0 Å². The smallest absolute Gasteiger partial charge is 0.126 e. The van der Waals surface area contributed by atoms with Crippen LogP contribution in [0.1, 0.15) is 18.6 Å². The van der Waals surface area contributed by atoms with Gasteiger partial charge in [0.25, 0.3) is 0 Å². The first-order chi connectivity index (χ1) is 6.40. The van der Waals surface area contributed by atoms with Crippen LogP contribution in [0.2, 0.25) is 0 Å². The molecule has 1 N–H and O–H groups in total. The molecule has 68 valence electrons. The van der Waals surface area contributed by atoms with Crippen LogP contribution in [0.3, 0.4) is 0 Å². The van der Waals surface area contributed by atoms with Gasteiger partial charge in [-0.3, -0.25) is 0 Å². The first kappa shape index (κ1) is 8.04. The summed E-state index contributed by atoms with van der Waals surface area (Å²) in [6.45, 7) is 2.87. The summed E-state index contributed by atoms with van der Waals surface area (Å²) in [4.78, 5) is 11.5. The number of H-pyrrole nitrogens is 1. The summed E-state index contributed by atoms with van der Waals surface area (Å²) in [5.74, 6) is 2.06. The van der Waals surface area contributed by atoms with E-state index in [1.165, 1.54) is 0 Å². The Morgan fingerprint density at radius 2 is 2.31 bits per heavy atom. The van der Waals surface area contributed by atoms with Crippen LogP contribution in [0.4, 0.5) is 0 Å². The first-order valence-corrected chi connectivity index (χ1v) is 4.38. The second-order valence-corrected chi connectivity index (χ2v) is 2.86. The molecule has 0 bridgehead atoms. The summed E-state index contributed by atoms with van der Waals surface area (Å²) in [6, 6.07) is 0. The molecule has 2 aromatic rings. The van der Waals surface area contributed by atoms with E-state index in [1.807, 2.05) is 18.6 Å². The quantitative estimate of drug-likeness (QED) is 0.764. The number of aromatic amines is 1. The number of nitrogens with zero attached hydrogens (tertiary/aromatic N) is 3. The van der Waals surface area contributed by atoms with E-state index in [2.05, 4.69) is 26.4 Å². The summed E-state index contributed by atoms with van der Waals surface area (Å²) in [5, 5.41) is 0. The third kappa shape index (κ3) is 1.61. The largest absolute Gasteiger partial charge is 0.347 e. The van der Waals surface area contributed by atoms with Crippen LogP contribution in [0, 0.1) is 0 Å². The van der Waals surface area contributed by atoms with E-state index in [0.29, 0.717) is 0 Å². The Kier molecular flexibility index (Phi) is 2.12. The van der Waals surface area contributed by atoms with Gasteiger partial charge in [-0.2, -0.15) is 0 Å². The van der Waals surface area contributed by atoms with Crippen molar-refractivity contribution in [1.29, 1.82) is 0 Å². The van der Waals surface area contributed by atoms with E-state index in [1.54, 1.807) is 6.20 Å². The van der Waals surface area contributed by atoms with E-state index in [0.717, 1.165) is 24.6 Å². The molecule has 0 aliphatic heterocycles. The third-order valence-electron chi connectivity index (χ3n) is 1.99. The monoisotopic (exact) mass is 176 g/mol. The molecule has 0 unspecified atom stereocenters. The van der Waals surface area contributed by atoms with Crippen LogP contribution in [-0.4, -0.2) is 19.5 Å². The topological polar surface area (TPSA) is 46.5 Å². The molecule has 0 atom stereocenters. The van der Waals surface area contributed by atoms with Crippen molar-refractivity contribution in [2.45, 2.75) is 19.9 Å². The predicted molar refractivity (Wildman–Crippen MR) is 49.3 cm³/mol. The maximum Gasteiger partial charge on any atom is 0.126 e. The lowest BCUT2D eigenvalue weighted by molar-refractivity contribution is 0.704. The summed E-state index contributed by atoms with van der Waals surface area (Å²) in [7, 11) is 0. The van der Waals surface area contributed by atoms with E-state index in [9.17, 15) is 0 Å². The zero-order valence-electron chi connectivity index (χ0n) is 7.57. The molecule has 2 aromatic heterocycles. The van der Waals surface area contributed by atoms with Gasteiger partial charge in [-0.15, -0.1) is 0 Å². The molecule has 0 saturated heterocycles. The molecule has 2 rings (SSSR count). The fourth-order valence-corrected chi connectivity index (χ4v) is 1.34. The van der Waals surface area contributed by atoms with E-state index in [4.69, 9.17) is 0 Å². The molecular weight excluding hydrogens is 164 g/mol. The summed E-state index contributed by atoms with van der Waals surface area (Å²) < 4.78 is 2.10. The lowest BCUT2D eigenvalue weighted by Crippen LogP contribution is -2.04. The minimum absolute atomic E-state index is 0.774. The highest BCUT2D eigenvalue weighted by atomic mass is 15.1. The Bertz CT molecular complexity index is 361. The molecule has 4 heteroatoms. The molecule has 13 heavy (non-hydrogen) atoms. The Morgan fingerprint density at radius 3 is 3.00 bits per heavy atom. The standard InChI is InChI=1S/C9H12N4/c1-2-9-12-5-6-13(9)7-8-10-3-4-11-8/h3-6H,2,7H2,1H3,(H,10,11). The molecule has 0 radical (unpaired) electrons. The Labute approximate surface area is 76.7 Å². The second kappa shape index (κ2) is 3.43. The van der Waals surface area contributed by atoms with Gasteiger partial charge in [0.1, 0.15) is 11.6 Å². The van der Waals surface area contributed by atoms with Gasteiger partial charge >= 0.3 is 0 Å². The zero-order chi connectivity index (χ0) is 9.10. The van der Waals surface area contributed by atoms with Gasteiger partial charge in [-0.1, -0.05) is 6.92 Å². The van der Waals surface area contributed by atoms with Crippen molar-refractivity contribution in [2.75, 3.05) is 0 Å². The van der Waals surface area contributed by atoms with Gasteiger partial charge < -0.3 is 9.55 Å². The summed E-state index contributed by atoms with van der Waals surface area (Å²) in [5.41, 5.74) is 0. The summed E-state index contributed by atoms with van der Waals surface area (Å²) in [6.07, 6.45) is 8.34. The highest BCUT2D eigenvalue weighted by molar-refractivity contribution is 4.97. The molecule has 2 heterocycles. The minimum atomic E-state index is 0.774. The van der Waals surface area contributed by atoms with Gasteiger partial charge in [0.15, 0.2) is 0 Å². The fraction of sp³-hybridized carbons (Fsp3) is 0.333.